The van der Waals surface area contributed by atoms with Crippen molar-refractivity contribution in [3.05, 3.63) is 78.0 Å². The molecule has 2 N–H and O–H groups in total. The summed E-state index contributed by atoms with van der Waals surface area (Å²) >= 11 is 0. The summed E-state index contributed by atoms with van der Waals surface area (Å²) in [5, 5.41) is 5.89. The normalized spacial score (nSPS) is 10.1. The molecule has 0 atom stereocenters. The Morgan fingerprint density at radius 2 is 1.68 bits per heavy atom. The molecule has 0 radical (unpaired) electrons. The van der Waals surface area contributed by atoms with Gasteiger partial charge >= 0.3 is 5.97 Å². The number of amides is 1. The molecule has 0 aliphatic carbocycles. The molecule has 7 nitrogen and oxygen atoms in total. The zero-order valence-electron chi connectivity index (χ0n) is 15.4. The number of nitrogens with one attached hydrogen (secondary N) is 2. The van der Waals surface area contributed by atoms with Gasteiger partial charge in [-0.25, -0.2) is 9.78 Å². The molecule has 0 unspecified atom stereocenters. The quantitative estimate of drug-likeness (QED) is 0.634. The number of esters is 1. The first-order valence-corrected chi connectivity index (χ1v) is 8.46. The SMILES string of the molecule is COC(=O)c1cccc(Nc2ccc(NC(=O)c3cccc(OC)c3)cn2)c1. The number of hydrogen-bond donors (Lipinski definition) is 2. The van der Waals surface area contributed by atoms with Crippen LogP contribution in [0.2, 0.25) is 0 Å². The monoisotopic (exact) mass is 377 g/mol. The van der Waals surface area contributed by atoms with Crippen LogP contribution in [0.5, 0.6) is 5.75 Å². The van der Waals surface area contributed by atoms with Gasteiger partial charge in [-0.05, 0) is 48.5 Å². The molecule has 1 amide bonds. The number of benzene rings is 2. The van der Waals surface area contributed by atoms with Crippen LogP contribution in [0, 0.1) is 0 Å². The third-order valence-corrected chi connectivity index (χ3v) is 3.91. The molecule has 0 aliphatic rings. The number of carbonyl (C=O) groups excluding carboxylic acids is 2. The maximum atomic E-state index is 12.3. The van der Waals surface area contributed by atoms with Crippen molar-refractivity contribution in [2.24, 2.45) is 0 Å². The van der Waals surface area contributed by atoms with E-state index < -0.39 is 5.97 Å². The van der Waals surface area contributed by atoms with Gasteiger partial charge in [0.05, 0.1) is 31.7 Å². The van der Waals surface area contributed by atoms with Crippen LogP contribution in [0.25, 0.3) is 0 Å². The number of nitrogens with zero attached hydrogens (tertiary/aromatic N) is 1. The van der Waals surface area contributed by atoms with Gasteiger partial charge in [-0.15, -0.1) is 0 Å². The van der Waals surface area contributed by atoms with Crippen LogP contribution in [-0.4, -0.2) is 31.1 Å². The molecule has 0 bridgehead atoms. The van der Waals surface area contributed by atoms with Gasteiger partial charge in [0.15, 0.2) is 0 Å². The van der Waals surface area contributed by atoms with Crippen LogP contribution in [0.15, 0.2) is 66.9 Å². The van der Waals surface area contributed by atoms with E-state index in [9.17, 15) is 9.59 Å². The molecule has 0 fully saturated rings. The Kier molecular flexibility index (Phi) is 5.86. The minimum Gasteiger partial charge on any atom is -0.497 e. The molecule has 28 heavy (non-hydrogen) atoms. The number of aromatic nitrogens is 1. The van der Waals surface area contributed by atoms with E-state index in [-0.39, 0.29) is 5.91 Å². The highest BCUT2D eigenvalue weighted by Crippen LogP contribution is 2.19. The highest BCUT2D eigenvalue weighted by Gasteiger charge is 2.08. The van der Waals surface area contributed by atoms with Crippen LogP contribution in [0.4, 0.5) is 17.2 Å². The molecular formula is C21H19N3O4. The highest BCUT2D eigenvalue weighted by molar-refractivity contribution is 6.04. The van der Waals surface area contributed by atoms with E-state index >= 15 is 0 Å². The Balaban J connectivity index is 1.66. The van der Waals surface area contributed by atoms with Gasteiger partial charge < -0.3 is 20.1 Å². The molecule has 1 aromatic heterocycles. The zero-order chi connectivity index (χ0) is 19.9. The van der Waals surface area contributed by atoms with E-state index in [1.54, 1.807) is 67.9 Å². The topological polar surface area (TPSA) is 89.6 Å². The second kappa shape index (κ2) is 8.68. The summed E-state index contributed by atoms with van der Waals surface area (Å²) in [6.07, 6.45) is 1.55. The first-order valence-electron chi connectivity index (χ1n) is 8.46. The zero-order valence-corrected chi connectivity index (χ0v) is 15.4. The van der Waals surface area contributed by atoms with E-state index in [0.29, 0.717) is 34.1 Å². The largest absolute Gasteiger partial charge is 0.497 e. The minimum atomic E-state index is -0.410. The third kappa shape index (κ3) is 4.64. The fourth-order valence-corrected chi connectivity index (χ4v) is 2.50. The molecule has 3 rings (SSSR count). The Morgan fingerprint density at radius 1 is 0.893 bits per heavy atom. The van der Waals surface area contributed by atoms with Crippen LogP contribution < -0.4 is 15.4 Å². The van der Waals surface area contributed by atoms with E-state index in [2.05, 4.69) is 15.6 Å². The number of pyridine rings is 1. The van der Waals surface area contributed by atoms with Crippen LogP contribution in [0.3, 0.4) is 0 Å². The fourth-order valence-electron chi connectivity index (χ4n) is 2.50. The Labute approximate surface area is 162 Å². The Bertz CT molecular complexity index is 987. The van der Waals surface area contributed by atoms with Gasteiger partial charge in [0.2, 0.25) is 0 Å². The maximum absolute atomic E-state index is 12.3. The average molecular weight is 377 g/mol. The van der Waals surface area contributed by atoms with E-state index in [4.69, 9.17) is 9.47 Å². The van der Waals surface area contributed by atoms with Crippen molar-refractivity contribution in [3.8, 4) is 5.75 Å². The summed E-state index contributed by atoms with van der Waals surface area (Å²) in [4.78, 5) is 28.2. The van der Waals surface area contributed by atoms with Gasteiger partial charge in [-0.2, -0.15) is 0 Å². The van der Waals surface area contributed by atoms with Crippen molar-refractivity contribution >= 4 is 29.1 Å². The lowest BCUT2D eigenvalue weighted by molar-refractivity contribution is 0.0600. The summed E-state index contributed by atoms with van der Waals surface area (Å²) in [6, 6.07) is 17.2. The molecule has 2 aromatic carbocycles. The molecule has 0 saturated heterocycles. The molecule has 0 aliphatic heterocycles. The van der Waals surface area contributed by atoms with E-state index in [1.165, 1.54) is 7.11 Å². The predicted molar refractivity (Wildman–Crippen MR) is 106 cm³/mol. The van der Waals surface area contributed by atoms with Crippen molar-refractivity contribution in [1.29, 1.82) is 0 Å². The van der Waals surface area contributed by atoms with Crippen molar-refractivity contribution in [2.75, 3.05) is 24.9 Å². The smallest absolute Gasteiger partial charge is 0.337 e. The second-order valence-corrected chi connectivity index (χ2v) is 5.82. The van der Waals surface area contributed by atoms with Crippen LogP contribution in [-0.2, 0) is 4.74 Å². The number of rotatable bonds is 6. The first kappa shape index (κ1) is 18.9. The lowest BCUT2D eigenvalue weighted by atomic mass is 10.2. The molecule has 142 valence electrons. The number of methoxy groups -OCH3 is 2. The van der Waals surface area contributed by atoms with Crippen molar-refractivity contribution in [2.45, 2.75) is 0 Å². The van der Waals surface area contributed by atoms with Gasteiger partial charge in [0.25, 0.3) is 5.91 Å². The molecular weight excluding hydrogens is 358 g/mol. The average Bonchev–Trinajstić information content (AvgIpc) is 2.74. The lowest BCUT2D eigenvalue weighted by Gasteiger charge is -2.09. The molecule has 1 heterocycles. The third-order valence-electron chi connectivity index (χ3n) is 3.91. The van der Waals surface area contributed by atoms with E-state index in [0.717, 1.165) is 0 Å². The van der Waals surface area contributed by atoms with Gasteiger partial charge in [0.1, 0.15) is 11.6 Å². The molecule has 0 spiro atoms. The summed E-state index contributed by atoms with van der Waals surface area (Å²) < 4.78 is 9.84. The van der Waals surface area contributed by atoms with Gasteiger partial charge in [-0.3, -0.25) is 4.79 Å². The number of ether oxygens (including phenoxy) is 2. The first-order chi connectivity index (χ1) is 13.6. The minimum absolute atomic E-state index is 0.257. The van der Waals surface area contributed by atoms with Gasteiger partial charge in [0, 0.05) is 11.3 Å². The molecule has 0 saturated carbocycles. The van der Waals surface area contributed by atoms with E-state index in [1.807, 2.05) is 6.07 Å². The van der Waals surface area contributed by atoms with Crippen LogP contribution >= 0.6 is 0 Å². The standard InChI is InChI=1S/C21H19N3O4/c1-27-18-8-4-5-14(12-18)20(25)24-17-9-10-19(22-13-17)23-16-7-3-6-15(11-16)21(26)28-2/h3-13H,1-2H3,(H,22,23)(H,24,25). The van der Waals surface area contributed by atoms with Crippen molar-refractivity contribution in [3.63, 3.8) is 0 Å². The number of carbonyl (C=O) groups is 2. The summed E-state index contributed by atoms with van der Waals surface area (Å²) in [5.74, 6) is 0.514. The number of anilines is 3. The predicted octanol–water partition coefficient (Wildman–Crippen LogP) is 3.87. The lowest BCUT2D eigenvalue weighted by Crippen LogP contribution is -2.12. The Hall–Kier alpha value is -3.87. The second-order valence-electron chi connectivity index (χ2n) is 5.82. The van der Waals surface area contributed by atoms with Crippen molar-refractivity contribution in [1.82, 2.24) is 4.98 Å². The fraction of sp³-hybridized carbons (Fsp3) is 0.0952. The summed E-state index contributed by atoms with van der Waals surface area (Å²) in [5.41, 5.74) is 2.18. The molecule has 7 heteroatoms. The van der Waals surface area contributed by atoms with Gasteiger partial charge in [-0.1, -0.05) is 12.1 Å². The Morgan fingerprint density at radius 3 is 2.39 bits per heavy atom. The summed E-state index contributed by atoms with van der Waals surface area (Å²) in [7, 11) is 2.88. The van der Waals surface area contributed by atoms with Crippen LogP contribution in [0.1, 0.15) is 20.7 Å². The highest BCUT2D eigenvalue weighted by atomic mass is 16.5. The molecule has 3 aromatic rings. The maximum Gasteiger partial charge on any atom is 0.337 e. The van der Waals surface area contributed by atoms with Crippen molar-refractivity contribution < 1.29 is 19.1 Å². The summed E-state index contributed by atoms with van der Waals surface area (Å²) in [6.45, 7) is 0. The number of hydrogen-bond acceptors (Lipinski definition) is 6.